The Hall–Kier alpha value is -2.23. The van der Waals surface area contributed by atoms with Crippen molar-refractivity contribution in [3.63, 3.8) is 0 Å². The zero-order valence-corrected chi connectivity index (χ0v) is 14.6. The van der Waals surface area contributed by atoms with Gasteiger partial charge in [-0.2, -0.15) is 0 Å². The fourth-order valence-electron chi connectivity index (χ4n) is 1.87. The number of hydrogen-bond acceptors (Lipinski definition) is 5. The van der Waals surface area contributed by atoms with Gasteiger partial charge >= 0.3 is 0 Å². The lowest BCUT2D eigenvalue weighted by Gasteiger charge is -2.10. The third kappa shape index (κ3) is 4.06. The highest BCUT2D eigenvalue weighted by Gasteiger charge is 2.23. The van der Waals surface area contributed by atoms with Crippen LogP contribution in [-0.2, 0) is 10.0 Å². The largest absolute Gasteiger partial charge is 0.454 e. The molecule has 0 saturated carbocycles. The number of nitrogens with one attached hydrogen (secondary N) is 1. The second-order valence-electron chi connectivity index (χ2n) is 4.71. The maximum atomic E-state index is 14.2. The molecule has 5 nitrogen and oxygen atoms in total. The van der Waals surface area contributed by atoms with Crippen molar-refractivity contribution >= 4 is 38.1 Å². The Balaban J connectivity index is 1.90. The fraction of sp³-hybridized carbons (Fsp3) is 0. The van der Waals surface area contributed by atoms with Gasteiger partial charge in [-0.3, -0.25) is 4.72 Å². The van der Waals surface area contributed by atoms with Crippen molar-refractivity contribution in [2.45, 2.75) is 4.90 Å². The molecule has 0 aliphatic carbocycles. The van der Waals surface area contributed by atoms with Gasteiger partial charge in [0, 0.05) is 28.7 Å². The fourth-order valence-corrected chi connectivity index (χ4v) is 3.85. The summed E-state index contributed by atoms with van der Waals surface area (Å²) in [5, 5.41) is 2.03. The van der Waals surface area contributed by atoms with Crippen LogP contribution in [0.15, 0.2) is 52.9 Å². The minimum Gasteiger partial charge on any atom is -0.454 e. The maximum Gasteiger partial charge on any atom is 0.266 e. The first-order valence-electron chi connectivity index (χ1n) is 6.70. The molecule has 0 atom stereocenters. The van der Waals surface area contributed by atoms with E-state index in [9.17, 15) is 17.2 Å². The molecule has 1 heterocycles. The summed E-state index contributed by atoms with van der Waals surface area (Å²) in [5.41, 5.74) is 0. The molecule has 3 aromatic rings. The Morgan fingerprint density at radius 2 is 1.84 bits per heavy atom. The summed E-state index contributed by atoms with van der Waals surface area (Å²) in [6, 6.07) is 7.18. The molecule has 0 bridgehead atoms. The third-order valence-electron chi connectivity index (χ3n) is 2.97. The number of sulfonamides is 1. The van der Waals surface area contributed by atoms with Crippen LogP contribution in [0.2, 0.25) is 5.02 Å². The number of rotatable bonds is 5. The molecule has 1 N–H and O–H groups in total. The van der Waals surface area contributed by atoms with Gasteiger partial charge in [-0.05, 0) is 24.3 Å². The molecular formula is C15H9ClF2N2O3S2. The van der Waals surface area contributed by atoms with Crippen molar-refractivity contribution in [2.24, 2.45) is 0 Å². The van der Waals surface area contributed by atoms with Crippen LogP contribution in [0.3, 0.4) is 0 Å². The lowest BCUT2D eigenvalue weighted by Crippen LogP contribution is -2.15. The molecular weight excluding hydrogens is 394 g/mol. The normalized spacial score (nSPS) is 11.3. The Morgan fingerprint density at radius 3 is 2.48 bits per heavy atom. The number of thiazole rings is 1. The van der Waals surface area contributed by atoms with E-state index in [2.05, 4.69) is 9.71 Å². The van der Waals surface area contributed by atoms with E-state index in [1.807, 2.05) is 0 Å². The first-order valence-corrected chi connectivity index (χ1v) is 9.44. The second kappa shape index (κ2) is 6.95. The molecule has 0 unspecified atom stereocenters. The minimum atomic E-state index is -4.32. The van der Waals surface area contributed by atoms with Gasteiger partial charge in [-0.25, -0.2) is 22.2 Å². The summed E-state index contributed by atoms with van der Waals surface area (Å²) in [5.74, 6) is -2.42. The molecule has 3 rings (SSSR count). The monoisotopic (exact) mass is 402 g/mol. The van der Waals surface area contributed by atoms with Crippen LogP contribution in [0.1, 0.15) is 0 Å². The Labute approximate surface area is 150 Å². The highest BCUT2D eigenvalue weighted by Crippen LogP contribution is 2.30. The maximum absolute atomic E-state index is 14.2. The van der Waals surface area contributed by atoms with Crippen LogP contribution in [0.4, 0.5) is 13.9 Å². The standard InChI is InChI=1S/C15H9ClF2N2O3S2/c16-9-1-3-10(4-2-9)23-13-7-12(18)14(8-11(13)17)25(21,22)20-15-19-5-6-24-15/h1-8H,(H,19,20). The third-order valence-corrected chi connectivity index (χ3v) is 5.40. The van der Waals surface area contributed by atoms with Crippen LogP contribution in [-0.4, -0.2) is 13.4 Å². The van der Waals surface area contributed by atoms with Gasteiger partial charge in [-0.15, -0.1) is 11.3 Å². The predicted molar refractivity (Wildman–Crippen MR) is 90.8 cm³/mol. The van der Waals surface area contributed by atoms with Crippen molar-refractivity contribution in [2.75, 3.05) is 4.72 Å². The first kappa shape index (κ1) is 17.6. The van der Waals surface area contributed by atoms with E-state index in [-0.39, 0.29) is 10.9 Å². The van der Waals surface area contributed by atoms with Crippen molar-refractivity contribution in [3.8, 4) is 11.5 Å². The summed E-state index contributed by atoms with van der Waals surface area (Å²) in [4.78, 5) is 2.89. The zero-order chi connectivity index (χ0) is 18.0. The van der Waals surface area contributed by atoms with E-state index >= 15 is 0 Å². The number of halogens is 3. The summed E-state index contributed by atoms with van der Waals surface area (Å²) >= 11 is 6.74. The Morgan fingerprint density at radius 1 is 1.12 bits per heavy atom. The molecule has 0 aliphatic rings. The Kier molecular flexibility index (Phi) is 4.89. The van der Waals surface area contributed by atoms with E-state index in [4.69, 9.17) is 16.3 Å². The van der Waals surface area contributed by atoms with Crippen LogP contribution in [0, 0.1) is 11.6 Å². The van der Waals surface area contributed by atoms with Gasteiger partial charge in [0.05, 0.1) is 0 Å². The number of hydrogen-bond donors (Lipinski definition) is 1. The number of nitrogens with zero attached hydrogens (tertiary/aromatic N) is 1. The van der Waals surface area contributed by atoms with Crippen LogP contribution >= 0.6 is 22.9 Å². The topological polar surface area (TPSA) is 68.3 Å². The van der Waals surface area contributed by atoms with Crippen LogP contribution < -0.4 is 9.46 Å². The summed E-state index contributed by atoms with van der Waals surface area (Å²) in [7, 11) is -4.32. The van der Waals surface area contributed by atoms with Gasteiger partial charge in [0.25, 0.3) is 10.0 Å². The molecule has 0 radical (unpaired) electrons. The van der Waals surface area contributed by atoms with Crippen molar-refractivity contribution in [1.29, 1.82) is 0 Å². The second-order valence-corrected chi connectivity index (χ2v) is 7.69. The molecule has 0 aliphatic heterocycles. The molecule has 130 valence electrons. The molecule has 0 saturated heterocycles. The highest BCUT2D eigenvalue weighted by molar-refractivity contribution is 7.93. The SMILES string of the molecule is O=S(=O)(Nc1nccs1)c1cc(F)c(Oc2ccc(Cl)cc2)cc1F. The lowest BCUT2D eigenvalue weighted by atomic mass is 10.3. The summed E-state index contributed by atoms with van der Waals surface area (Å²) in [6.07, 6.45) is 1.38. The molecule has 25 heavy (non-hydrogen) atoms. The van der Waals surface area contributed by atoms with Crippen LogP contribution in [0.25, 0.3) is 0 Å². The molecule has 2 aromatic carbocycles. The van der Waals surface area contributed by atoms with E-state index in [1.54, 1.807) is 0 Å². The molecule has 0 fully saturated rings. The van der Waals surface area contributed by atoms with Gasteiger partial charge in [0.2, 0.25) is 0 Å². The number of benzene rings is 2. The van der Waals surface area contributed by atoms with E-state index in [0.29, 0.717) is 17.2 Å². The number of aromatic nitrogens is 1. The molecule has 0 spiro atoms. The lowest BCUT2D eigenvalue weighted by molar-refractivity contribution is 0.432. The number of anilines is 1. The first-order chi connectivity index (χ1) is 11.8. The van der Waals surface area contributed by atoms with E-state index in [0.717, 1.165) is 11.3 Å². The average molecular weight is 403 g/mol. The zero-order valence-electron chi connectivity index (χ0n) is 12.2. The molecule has 0 amide bonds. The predicted octanol–water partition coefficient (Wildman–Crippen LogP) is 4.67. The van der Waals surface area contributed by atoms with Gasteiger partial charge in [0.1, 0.15) is 16.5 Å². The smallest absolute Gasteiger partial charge is 0.266 e. The average Bonchev–Trinajstić information content (AvgIpc) is 3.04. The Bertz CT molecular complexity index is 994. The quantitative estimate of drug-likeness (QED) is 0.673. The highest BCUT2D eigenvalue weighted by atomic mass is 35.5. The number of ether oxygens (including phenoxy) is 1. The van der Waals surface area contributed by atoms with Crippen LogP contribution in [0.5, 0.6) is 11.5 Å². The molecule has 1 aromatic heterocycles. The van der Waals surface area contributed by atoms with Gasteiger partial charge in [-0.1, -0.05) is 11.6 Å². The van der Waals surface area contributed by atoms with Crippen molar-refractivity contribution < 1.29 is 21.9 Å². The van der Waals surface area contributed by atoms with Gasteiger partial charge < -0.3 is 4.74 Å². The van der Waals surface area contributed by atoms with E-state index < -0.39 is 32.3 Å². The summed E-state index contributed by atoms with van der Waals surface area (Å²) in [6.45, 7) is 0. The summed E-state index contributed by atoms with van der Waals surface area (Å²) < 4.78 is 60.0. The van der Waals surface area contributed by atoms with Crippen molar-refractivity contribution in [1.82, 2.24) is 4.98 Å². The minimum absolute atomic E-state index is 0.0429. The van der Waals surface area contributed by atoms with Crippen molar-refractivity contribution in [3.05, 3.63) is 64.6 Å². The van der Waals surface area contributed by atoms with E-state index in [1.165, 1.54) is 35.8 Å². The molecule has 10 heteroatoms. The van der Waals surface area contributed by atoms with Gasteiger partial charge in [0.15, 0.2) is 16.7 Å².